The molecule has 12 heteroatoms. The Kier molecular flexibility index (Phi) is 8.68. The number of nitrogens with one attached hydrogen (secondary N) is 1. The number of carbonyl (C=O) groups excluding carboxylic acids is 2. The Bertz CT molecular complexity index is 974. The first-order valence-electron chi connectivity index (χ1n) is 13.8. The second-order valence-corrected chi connectivity index (χ2v) is 10.8. The number of nitrogens with zero attached hydrogens (tertiary/aromatic N) is 6. The van der Waals surface area contributed by atoms with E-state index >= 15 is 0 Å². The zero-order valence-corrected chi connectivity index (χ0v) is 23.0. The number of piperazine rings is 1. The summed E-state index contributed by atoms with van der Waals surface area (Å²) in [6.45, 7) is 7.81. The number of carbonyl (C=O) groups is 2. The number of cyclic esters (lactones) is 1. The highest BCUT2D eigenvalue weighted by molar-refractivity contribution is 7.80. The van der Waals surface area contributed by atoms with Crippen LogP contribution >= 0.6 is 12.2 Å². The molecule has 0 aliphatic carbocycles. The van der Waals surface area contributed by atoms with Crippen molar-refractivity contribution in [3.05, 3.63) is 18.3 Å². The number of thiocarbonyl (C=S) groups is 1. The summed E-state index contributed by atoms with van der Waals surface area (Å²) >= 11 is 4.97. The van der Waals surface area contributed by atoms with Crippen LogP contribution in [0.15, 0.2) is 18.3 Å². The predicted octanol–water partition coefficient (Wildman–Crippen LogP) is 2.12. The van der Waals surface area contributed by atoms with Crippen LogP contribution in [0, 0.1) is 0 Å². The van der Waals surface area contributed by atoms with Gasteiger partial charge in [0.25, 0.3) is 5.17 Å². The van der Waals surface area contributed by atoms with Crippen LogP contribution in [0.1, 0.15) is 32.1 Å². The van der Waals surface area contributed by atoms with Crippen molar-refractivity contribution in [3.8, 4) is 0 Å². The minimum absolute atomic E-state index is 0.174. The highest BCUT2D eigenvalue weighted by Crippen LogP contribution is 2.25. The van der Waals surface area contributed by atoms with E-state index in [1.165, 1.54) is 39.5 Å². The van der Waals surface area contributed by atoms with E-state index in [9.17, 15) is 9.59 Å². The quantitative estimate of drug-likeness (QED) is 0.559. The van der Waals surface area contributed by atoms with Gasteiger partial charge in [0.2, 0.25) is 0 Å². The molecule has 38 heavy (non-hydrogen) atoms. The number of aromatic nitrogens is 1. The van der Waals surface area contributed by atoms with Gasteiger partial charge in [-0.05, 0) is 63.1 Å². The molecule has 1 atom stereocenters. The van der Waals surface area contributed by atoms with Crippen molar-refractivity contribution in [3.63, 3.8) is 0 Å². The number of urea groups is 1. The normalized spacial score (nSPS) is 23.4. The number of rotatable bonds is 5. The molecule has 5 rings (SSSR count). The van der Waals surface area contributed by atoms with Crippen LogP contribution in [0.3, 0.4) is 0 Å². The summed E-state index contributed by atoms with van der Waals surface area (Å²) in [6, 6.07) is 4.64. The molecule has 0 aromatic carbocycles. The minimum atomic E-state index is -0.401. The molecular formula is C26H39N7O4S. The number of likely N-dealkylation sites (tertiary alicyclic amines) is 2. The first-order chi connectivity index (χ1) is 18.5. The Morgan fingerprint density at radius 2 is 1.76 bits per heavy atom. The number of hydrogen-bond acceptors (Lipinski definition) is 8. The highest BCUT2D eigenvalue weighted by atomic mass is 32.1. The molecule has 1 N–H and O–H groups in total. The second kappa shape index (κ2) is 12.3. The molecule has 1 aromatic heterocycles. The molecule has 0 saturated carbocycles. The molecule has 208 valence electrons. The molecule has 0 bridgehead atoms. The van der Waals surface area contributed by atoms with Gasteiger partial charge in [0.15, 0.2) is 0 Å². The van der Waals surface area contributed by atoms with Gasteiger partial charge in [-0.15, -0.1) is 0 Å². The lowest BCUT2D eigenvalue weighted by Crippen LogP contribution is -2.55. The van der Waals surface area contributed by atoms with Gasteiger partial charge >= 0.3 is 12.1 Å². The van der Waals surface area contributed by atoms with Crippen molar-refractivity contribution in [1.29, 1.82) is 0 Å². The van der Waals surface area contributed by atoms with Crippen molar-refractivity contribution in [2.24, 2.45) is 0 Å². The van der Waals surface area contributed by atoms with Gasteiger partial charge < -0.3 is 34.4 Å². The number of ether oxygens (including phenoxy) is 2. The molecular weight excluding hydrogens is 506 g/mol. The zero-order chi connectivity index (χ0) is 26.5. The molecule has 0 radical (unpaired) electrons. The largest absolute Gasteiger partial charge is 0.474 e. The van der Waals surface area contributed by atoms with Gasteiger partial charge in [-0.25, -0.2) is 14.6 Å². The van der Waals surface area contributed by atoms with Gasteiger partial charge in [-0.1, -0.05) is 6.42 Å². The van der Waals surface area contributed by atoms with Crippen molar-refractivity contribution in [1.82, 2.24) is 25.0 Å². The average molecular weight is 546 g/mol. The molecule has 1 aromatic rings. The second-order valence-electron chi connectivity index (χ2n) is 10.4. The van der Waals surface area contributed by atoms with Gasteiger partial charge in [0.05, 0.1) is 32.1 Å². The number of pyridine rings is 1. The molecule has 0 unspecified atom stereocenters. The van der Waals surface area contributed by atoms with Gasteiger partial charge in [0.1, 0.15) is 11.9 Å². The van der Waals surface area contributed by atoms with E-state index in [2.05, 4.69) is 20.1 Å². The summed E-state index contributed by atoms with van der Waals surface area (Å²) in [5, 5.41) is 3.19. The molecule has 4 aliphatic rings. The number of amides is 3. The summed E-state index contributed by atoms with van der Waals surface area (Å²) in [5.74, 6) is 0.847. The molecule has 4 aliphatic heterocycles. The fourth-order valence-electron chi connectivity index (χ4n) is 5.87. The Balaban J connectivity index is 1.07. The first-order valence-corrected chi connectivity index (χ1v) is 14.2. The Labute approximate surface area is 230 Å². The molecule has 0 spiro atoms. The number of piperidine rings is 2. The third kappa shape index (κ3) is 6.23. The number of hydrogen-bond donors (Lipinski definition) is 1. The Morgan fingerprint density at radius 3 is 2.42 bits per heavy atom. The average Bonchev–Trinajstić information content (AvgIpc) is 3.36. The van der Waals surface area contributed by atoms with Gasteiger partial charge in [0, 0.05) is 45.3 Å². The van der Waals surface area contributed by atoms with E-state index in [-0.39, 0.29) is 17.3 Å². The molecule has 5 heterocycles. The lowest BCUT2D eigenvalue weighted by atomic mass is 10.00. The number of methoxy groups -OCH3 is 1. The van der Waals surface area contributed by atoms with Crippen molar-refractivity contribution < 1.29 is 19.1 Å². The molecule has 3 amide bonds. The van der Waals surface area contributed by atoms with Gasteiger partial charge in [-0.2, -0.15) is 0 Å². The van der Waals surface area contributed by atoms with Crippen LogP contribution in [-0.2, 0) is 9.47 Å². The summed E-state index contributed by atoms with van der Waals surface area (Å²) < 4.78 is 10.3. The van der Waals surface area contributed by atoms with E-state index in [0.717, 1.165) is 44.8 Å². The van der Waals surface area contributed by atoms with Crippen molar-refractivity contribution in [2.75, 3.05) is 82.4 Å². The fourth-order valence-corrected chi connectivity index (χ4v) is 5.95. The molecule has 4 saturated heterocycles. The summed E-state index contributed by atoms with van der Waals surface area (Å²) in [6.07, 6.45) is 7.14. The summed E-state index contributed by atoms with van der Waals surface area (Å²) in [5.41, 5.74) is 0.692. The van der Waals surface area contributed by atoms with Crippen LogP contribution in [-0.4, -0.2) is 122 Å². The monoisotopic (exact) mass is 545 g/mol. The van der Waals surface area contributed by atoms with E-state index in [1.54, 1.807) is 11.1 Å². The third-order valence-electron chi connectivity index (χ3n) is 8.09. The standard InChI is InChI=1S/C26H39N7O4S/c1-36-24(38)28-18-22-19-33(26(35)37-22)21-5-6-23(27-17-21)30-13-15-32(16-14-30)25(34)31-11-7-20(8-12-31)29-9-3-2-4-10-29/h5-6,17,20,22H,2-4,7-16,18-19H2,1H3,(H,28,38)/t22-/m0/s1. The first kappa shape index (κ1) is 26.7. The highest BCUT2D eigenvalue weighted by Gasteiger charge is 2.33. The van der Waals surface area contributed by atoms with Crippen molar-refractivity contribution >= 4 is 41.0 Å². The van der Waals surface area contributed by atoms with Crippen LogP contribution in [0.5, 0.6) is 0 Å². The van der Waals surface area contributed by atoms with Crippen molar-refractivity contribution in [2.45, 2.75) is 44.2 Å². The maximum absolute atomic E-state index is 13.2. The molecule has 11 nitrogen and oxygen atoms in total. The summed E-state index contributed by atoms with van der Waals surface area (Å²) in [4.78, 5) is 40.6. The topological polar surface area (TPSA) is 93.7 Å². The fraction of sp³-hybridized carbons (Fsp3) is 0.692. The van der Waals surface area contributed by atoms with E-state index < -0.39 is 6.09 Å². The SMILES string of the molecule is COC(=S)NC[C@H]1CN(c2ccc(N3CCN(C(=O)N4CCC(N5CCCCC5)CC4)CC3)nc2)C(=O)O1. The number of anilines is 2. The van der Waals surface area contributed by atoms with E-state index in [1.807, 2.05) is 21.9 Å². The van der Waals surface area contributed by atoms with E-state index in [4.69, 9.17) is 21.7 Å². The van der Waals surface area contributed by atoms with Crippen LogP contribution in [0.25, 0.3) is 0 Å². The molecule has 4 fully saturated rings. The Morgan fingerprint density at radius 1 is 1.05 bits per heavy atom. The smallest absolute Gasteiger partial charge is 0.414 e. The maximum atomic E-state index is 13.2. The third-order valence-corrected chi connectivity index (χ3v) is 8.40. The lowest BCUT2D eigenvalue weighted by Gasteiger charge is -2.43. The minimum Gasteiger partial charge on any atom is -0.474 e. The van der Waals surface area contributed by atoms with Crippen LogP contribution < -0.4 is 15.1 Å². The predicted molar refractivity (Wildman–Crippen MR) is 149 cm³/mol. The van der Waals surface area contributed by atoms with E-state index in [0.29, 0.717) is 37.9 Å². The van der Waals surface area contributed by atoms with Crippen LogP contribution in [0.2, 0.25) is 0 Å². The lowest BCUT2D eigenvalue weighted by molar-refractivity contribution is 0.0885. The summed E-state index contributed by atoms with van der Waals surface area (Å²) in [7, 11) is 1.49. The Hall–Kier alpha value is -2.86. The van der Waals surface area contributed by atoms with Crippen LogP contribution in [0.4, 0.5) is 21.1 Å². The van der Waals surface area contributed by atoms with Gasteiger partial charge in [-0.3, -0.25) is 4.90 Å². The zero-order valence-electron chi connectivity index (χ0n) is 22.2. The maximum Gasteiger partial charge on any atom is 0.414 e.